The molecule has 0 spiro atoms. The zero-order chi connectivity index (χ0) is 14.0. The number of halogens is 1. The summed E-state index contributed by atoms with van der Waals surface area (Å²) in [6.45, 7) is 7.42. The van der Waals surface area contributed by atoms with Crippen LogP contribution in [0.25, 0.3) is 0 Å². The number of hydrazine groups is 1. The summed E-state index contributed by atoms with van der Waals surface area (Å²) in [6, 6.07) is 0.343. The third-order valence-corrected chi connectivity index (χ3v) is 5.56. The minimum atomic E-state index is 0.343. The third kappa shape index (κ3) is 3.03. The summed E-state index contributed by atoms with van der Waals surface area (Å²) in [7, 11) is 0. The average Bonchev–Trinajstić information content (AvgIpc) is 2.93. The van der Waals surface area contributed by atoms with Crippen LogP contribution in [0.5, 0.6) is 0 Å². The minimum Gasteiger partial charge on any atom is -0.271 e. The van der Waals surface area contributed by atoms with Crippen LogP contribution in [-0.2, 0) is 13.0 Å². The molecule has 3 atom stereocenters. The first-order chi connectivity index (χ1) is 9.08. The lowest BCUT2D eigenvalue weighted by molar-refractivity contribution is 0.293. The van der Waals surface area contributed by atoms with E-state index < -0.39 is 0 Å². The predicted molar refractivity (Wildman–Crippen MR) is 81.7 cm³/mol. The average molecular weight is 329 g/mol. The fourth-order valence-corrected chi connectivity index (χ4v) is 3.82. The van der Waals surface area contributed by atoms with Gasteiger partial charge in [0.15, 0.2) is 0 Å². The van der Waals surface area contributed by atoms with E-state index in [9.17, 15) is 0 Å². The topological polar surface area (TPSA) is 55.9 Å². The molecular formula is C14H25BrN4. The standard InChI is InChI=1S/C14H25BrN4/c1-4-19-13(14(15)10(3)18-19)8-12(17-16)11-7-5-6-9(11)2/h9,11-12,17H,4-8,16H2,1-3H3. The second-order valence-corrected chi connectivity index (χ2v) is 6.50. The van der Waals surface area contributed by atoms with Gasteiger partial charge in [0.05, 0.1) is 15.9 Å². The van der Waals surface area contributed by atoms with E-state index >= 15 is 0 Å². The fourth-order valence-electron chi connectivity index (χ4n) is 3.38. The quantitative estimate of drug-likeness (QED) is 0.645. The van der Waals surface area contributed by atoms with Gasteiger partial charge >= 0.3 is 0 Å². The Labute approximate surface area is 124 Å². The molecule has 1 aromatic rings. The van der Waals surface area contributed by atoms with E-state index in [-0.39, 0.29) is 0 Å². The highest BCUT2D eigenvalue weighted by molar-refractivity contribution is 9.10. The maximum absolute atomic E-state index is 5.82. The van der Waals surface area contributed by atoms with Gasteiger partial charge in [-0.1, -0.05) is 19.8 Å². The number of nitrogens with zero attached hydrogens (tertiary/aromatic N) is 2. The van der Waals surface area contributed by atoms with E-state index in [1.165, 1.54) is 25.0 Å². The number of rotatable bonds is 5. The van der Waals surface area contributed by atoms with Gasteiger partial charge in [-0.05, 0) is 48.0 Å². The van der Waals surface area contributed by atoms with Crippen molar-refractivity contribution in [3.05, 3.63) is 15.9 Å². The van der Waals surface area contributed by atoms with Gasteiger partial charge in [0, 0.05) is 19.0 Å². The molecular weight excluding hydrogens is 304 g/mol. The van der Waals surface area contributed by atoms with E-state index in [0.29, 0.717) is 12.0 Å². The molecule has 1 saturated carbocycles. The summed E-state index contributed by atoms with van der Waals surface area (Å²) in [5, 5.41) is 4.56. The molecule has 4 nitrogen and oxygen atoms in total. The van der Waals surface area contributed by atoms with E-state index in [4.69, 9.17) is 5.84 Å². The molecule has 0 bridgehead atoms. The minimum absolute atomic E-state index is 0.343. The van der Waals surface area contributed by atoms with Gasteiger partial charge in [-0.25, -0.2) is 0 Å². The predicted octanol–water partition coefficient (Wildman–Crippen LogP) is 2.78. The molecule has 0 saturated heterocycles. The van der Waals surface area contributed by atoms with Crippen LogP contribution < -0.4 is 11.3 Å². The zero-order valence-corrected chi connectivity index (χ0v) is 13.7. The maximum atomic E-state index is 5.82. The lowest BCUT2D eigenvalue weighted by Crippen LogP contribution is -2.43. The van der Waals surface area contributed by atoms with E-state index in [2.05, 4.69) is 45.0 Å². The fraction of sp³-hybridized carbons (Fsp3) is 0.786. The third-order valence-electron chi connectivity index (χ3n) is 4.52. The van der Waals surface area contributed by atoms with Gasteiger partial charge in [0.1, 0.15) is 0 Å². The number of hydrogen-bond donors (Lipinski definition) is 2. The van der Waals surface area contributed by atoms with Gasteiger partial charge in [0.25, 0.3) is 0 Å². The highest BCUT2D eigenvalue weighted by atomic mass is 79.9. The van der Waals surface area contributed by atoms with Crippen LogP contribution in [-0.4, -0.2) is 15.8 Å². The van der Waals surface area contributed by atoms with Crippen LogP contribution >= 0.6 is 15.9 Å². The SMILES string of the molecule is CCn1nc(C)c(Br)c1CC(NN)C1CCCC1C. The normalized spacial score (nSPS) is 24.9. The van der Waals surface area contributed by atoms with Crippen molar-refractivity contribution in [3.63, 3.8) is 0 Å². The molecule has 1 aliphatic rings. The molecule has 0 aliphatic heterocycles. The van der Waals surface area contributed by atoms with Crippen molar-refractivity contribution < 1.29 is 0 Å². The largest absolute Gasteiger partial charge is 0.271 e. The maximum Gasteiger partial charge on any atom is 0.0738 e. The van der Waals surface area contributed by atoms with Gasteiger partial charge in [-0.15, -0.1) is 0 Å². The first-order valence-electron chi connectivity index (χ1n) is 7.26. The van der Waals surface area contributed by atoms with E-state index in [1.807, 2.05) is 6.92 Å². The van der Waals surface area contributed by atoms with Crippen LogP contribution in [0.2, 0.25) is 0 Å². The second-order valence-electron chi connectivity index (χ2n) is 5.71. The first kappa shape index (κ1) is 15.0. The van der Waals surface area contributed by atoms with Crippen molar-refractivity contribution in [2.75, 3.05) is 0 Å². The highest BCUT2D eigenvalue weighted by Gasteiger charge is 2.31. The van der Waals surface area contributed by atoms with E-state index in [0.717, 1.165) is 29.1 Å². The first-order valence-corrected chi connectivity index (χ1v) is 8.05. The Hall–Kier alpha value is -0.390. The van der Waals surface area contributed by atoms with Crippen LogP contribution in [0, 0.1) is 18.8 Å². The molecule has 1 aromatic heterocycles. The van der Waals surface area contributed by atoms with Gasteiger partial charge in [-0.2, -0.15) is 5.10 Å². The smallest absolute Gasteiger partial charge is 0.0738 e. The van der Waals surface area contributed by atoms with Crippen LogP contribution in [0.15, 0.2) is 4.47 Å². The summed E-state index contributed by atoms with van der Waals surface area (Å²) >= 11 is 3.67. The van der Waals surface area contributed by atoms with Crippen LogP contribution in [0.1, 0.15) is 44.5 Å². The lowest BCUT2D eigenvalue weighted by Gasteiger charge is -2.26. The van der Waals surface area contributed by atoms with Gasteiger partial charge in [0.2, 0.25) is 0 Å². The van der Waals surface area contributed by atoms with Crippen molar-refractivity contribution in [3.8, 4) is 0 Å². The molecule has 19 heavy (non-hydrogen) atoms. The Bertz CT molecular complexity index is 429. The molecule has 2 rings (SSSR count). The molecule has 108 valence electrons. The summed E-state index contributed by atoms with van der Waals surface area (Å²) in [5.74, 6) is 7.26. The molecule has 0 aromatic carbocycles. The molecule has 3 unspecified atom stereocenters. The molecule has 1 aliphatic carbocycles. The molecule has 3 N–H and O–H groups in total. The van der Waals surface area contributed by atoms with E-state index in [1.54, 1.807) is 0 Å². The molecule has 1 fully saturated rings. The Morgan fingerprint density at radius 1 is 1.53 bits per heavy atom. The molecule has 0 radical (unpaired) electrons. The molecule has 1 heterocycles. The highest BCUT2D eigenvalue weighted by Crippen LogP contribution is 2.35. The Kier molecular flexibility index (Phi) is 5.03. The number of aromatic nitrogens is 2. The second kappa shape index (κ2) is 6.37. The Morgan fingerprint density at radius 2 is 2.26 bits per heavy atom. The number of aryl methyl sites for hydroxylation is 2. The van der Waals surface area contributed by atoms with Gasteiger partial charge < -0.3 is 0 Å². The summed E-state index contributed by atoms with van der Waals surface area (Å²) < 4.78 is 3.23. The molecule has 5 heteroatoms. The lowest BCUT2D eigenvalue weighted by atomic mass is 9.88. The Balaban J connectivity index is 2.18. The van der Waals surface area contributed by atoms with Crippen molar-refractivity contribution in [1.29, 1.82) is 0 Å². The number of nitrogens with one attached hydrogen (secondary N) is 1. The van der Waals surface area contributed by atoms with Crippen LogP contribution in [0.4, 0.5) is 0 Å². The van der Waals surface area contributed by atoms with Crippen molar-refractivity contribution in [2.45, 2.75) is 59.0 Å². The zero-order valence-electron chi connectivity index (χ0n) is 12.1. The number of hydrogen-bond acceptors (Lipinski definition) is 3. The van der Waals surface area contributed by atoms with Crippen molar-refractivity contribution >= 4 is 15.9 Å². The summed E-state index contributed by atoms with van der Waals surface area (Å²) in [4.78, 5) is 0. The summed E-state index contributed by atoms with van der Waals surface area (Å²) in [6.07, 6.45) is 4.89. The van der Waals surface area contributed by atoms with Gasteiger partial charge in [-0.3, -0.25) is 16.0 Å². The summed E-state index contributed by atoms with van der Waals surface area (Å²) in [5.41, 5.74) is 5.38. The van der Waals surface area contributed by atoms with Crippen molar-refractivity contribution in [2.24, 2.45) is 17.7 Å². The monoisotopic (exact) mass is 328 g/mol. The number of nitrogens with two attached hydrogens (primary N) is 1. The Morgan fingerprint density at radius 3 is 2.79 bits per heavy atom. The van der Waals surface area contributed by atoms with Crippen molar-refractivity contribution in [1.82, 2.24) is 15.2 Å². The molecule has 0 amide bonds. The van der Waals surface area contributed by atoms with Crippen LogP contribution in [0.3, 0.4) is 0 Å².